The first-order valence-electron chi connectivity index (χ1n) is 11.5. The van der Waals surface area contributed by atoms with Crippen molar-refractivity contribution in [2.24, 2.45) is 5.92 Å². The third-order valence-electron chi connectivity index (χ3n) is 6.81. The van der Waals surface area contributed by atoms with E-state index in [2.05, 4.69) is 17.0 Å². The van der Waals surface area contributed by atoms with Gasteiger partial charge in [0, 0.05) is 36.7 Å². The lowest BCUT2D eigenvalue weighted by molar-refractivity contribution is -0.192. The van der Waals surface area contributed by atoms with Crippen molar-refractivity contribution in [2.75, 3.05) is 39.8 Å². The van der Waals surface area contributed by atoms with E-state index in [1.807, 2.05) is 12.1 Å². The van der Waals surface area contributed by atoms with Crippen LogP contribution in [0.2, 0.25) is 0 Å². The lowest BCUT2D eigenvalue weighted by Gasteiger charge is -2.45. The highest BCUT2D eigenvalue weighted by Gasteiger charge is 2.41. The number of alkyl halides is 3. The molecule has 0 radical (unpaired) electrons. The fourth-order valence-electron chi connectivity index (χ4n) is 4.58. The van der Waals surface area contributed by atoms with Crippen molar-refractivity contribution in [3.8, 4) is 11.8 Å². The Kier molecular flexibility index (Phi) is 8.08. The molecule has 0 unspecified atom stereocenters. The molecule has 1 saturated heterocycles. The summed E-state index contributed by atoms with van der Waals surface area (Å²) in [6.07, 6.45) is 1.43. The molecule has 3 aliphatic rings. The molecular weight excluding hydrogens is 451 g/mol. The van der Waals surface area contributed by atoms with Gasteiger partial charge in [-0.3, -0.25) is 4.79 Å². The van der Waals surface area contributed by atoms with E-state index in [4.69, 9.17) is 19.9 Å². The summed E-state index contributed by atoms with van der Waals surface area (Å²) in [4.78, 5) is 25.9. The largest absolute Gasteiger partial charge is 0.493 e. The van der Waals surface area contributed by atoms with Gasteiger partial charge in [0.15, 0.2) is 0 Å². The van der Waals surface area contributed by atoms with E-state index in [0.29, 0.717) is 18.5 Å². The Labute approximate surface area is 197 Å². The van der Waals surface area contributed by atoms with Crippen molar-refractivity contribution in [1.82, 2.24) is 9.80 Å². The van der Waals surface area contributed by atoms with E-state index >= 15 is 0 Å². The zero-order valence-electron chi connectivity index (χ0n) is 19.2. The molecule has 2 fully saturated rings. The molecule has 2 aliphatic heterocycles. The van der Waals surface area contributed by atoms with Gasteiger partial charge in [0.25, 0.3) is 5.91 Å². The number of hydrogen-bond donors (Lipinski definition) is 1. The van der Waals surface area contributed by atoms with Crippen molar-refractivity contribution in [3.05, 3.63) is 29.3 Å². The number of benzene rings is 1. The summed E-state index contributed by atoms with van der Waals surface area (Å²) in [7, 11) is 1.77. The first kappa shape index (κ1) is 25.8. The predicted octanol–water partition coefficient (Wildman–Crippen LogP) is 3.83. The monoisotopic (exact) mass is 481 g/mol. The first-order valence-corrected chi connectivity index (χ1v) is 11.5. The zero-order chi connectivity index (χ0) is 24.9. The number of carboxylic acids is 1. The van der Waals surface area contributed by atoms with Crippen LogP contribution in [0.15, 0.2) is 18.2 Å². The number of ether oxygens (including phenoxy) is 1. The van der Waals surface area contributed by atoms with Gasteiger partial charge in [-0.15, -0.1) is 0 Å². The number of piperidine rings is 1. The number of halogens is 3. The fourth-order valence-corrected chi connectivity index (χ4v) is 4.58. The van der Waals surface area contributed by atoms with Gasteiger partial charge >= 0.3 is 12.1 Å². The van der Waals surface area contributed by atoms with Crippen molar-refractivity contribution < 1.29 is 32.6 Å². The van der Waals surface area contributed by atoms with Crippen LogP contribution in [-0.2, 0) is 10.2 Å². The van der Waals surface area contributed by atoms with Gasteiger partial charge in [-0.25, -0.2) is 4.79 Å². The van der Waals surface area contributed by atoms with Crippen LogP contribution < -0.4 is 4.74 Å². The smallest absolute Gasteiger partial charge is 0.490 e. The van der Waals surface area contributed by atoms with Crippen molar-refractivity contribution in [1.29, 1.82) is 5.26 Å². The Morgan fingerprint density at radius 2 is 1.91 bits per heavy atom. The average molecular weight is 482 g/mol. The van der Waals surface area contributed by atoms with Gasteiger partial charge in [0.2, 0.25) is 0 Å². The Balaban J connectivity index is 0.000000406. The predicted molar refractivity (Wildman–Crippen MR) is 118 cm³/mol. The maximum absolute atomic E-state index is 12.8. The number of amides is 1. The summed E-state index contributed by atoms with van der Waals surface area (Å²) in [5, 5.41) is 15.9. The first-order chi connectivity index (χ1) is 16.1. The quantitative estimate of drug-likeness (QED) is 0.687. The van der Waals surface area contributed by atoms with E-state index in [-0.39, 0.29) is 11.3 Å². The molecule has 1 amide bonds. The van der Waals surface area contributed by atoms with E-state index in [1.165, 1.54) is 24.9 Å². The van der Waals surface area contributed by atoms with Crippen LogP contribution in [0.1, 0.15) is 54.4 Å². The molecule has 1 spiro atoms. The summed E-state index contributed by atoms with van der Waals surface area (Å²) in [5.74, 6) is -0.880. The van der Waals surface area contributed by atoms with Crippen LogP contribution in [0.25, 0.3) is 0 Å². The van der Waals surface area contributed by atoms with Crippen molar-refractivity contribution in [2.45, 2.75) is 50.1 Å². The number of carbonyl (C=O) groups is 2. The average Bonchev–Trinajstić information content (AvgIpc) is 3.62. The van der Waals surface area contributed by atoms with Crippen LogP contribution in [-0.4, -0.2) is 72.8 Å². The molecule has 7 nitrogen and oxygen atoms in total. The molecule has 10 heteroatoms. The van der Waals surface area contributed by atoms with E-state index in [0.717, 1.165) is 50.6 Å². The molecular formula is C24H30F3N3O4. The molecule has 1 aromatic carbocycles. The van der Waals surface area contributed by atoms with Crippen LogP contribution in [0.4, 0.5) is 13.2 Å². The van der Waals surface area contributed by atoms with Crippen LogP contribution >= 0.6 is 0 Å². The van der Waals surface area contributed by atoms with E-state index in [1.54, 1.807) is 11.9 Å². The molecule has 1 N–H and O–H groups in total. The van der Waals surface area contributed by atoms with Gasteiger partial charge in [-0.2, -0.15) is 18.4 Å². The number of aliphatic carboxylic acids is 1. The minimum absolute atomic E-state index is 0.0139. The molecule has 2 heterocycles. The Hall–Kier alpha value is -2.80. The van der Waals surface area contributed by atoms with Gasteiger partial charge in [-0.05, 0) is 69.3 Å². The SMILES string of the molecule is CN(CCC#N)C(=O)c1ccc2c(c1)C1(CCO2)CCN(CC2CC2)CC1.O=C(O)C(F)(F)F. The van der Waals surface area contributed by atoms with Crippen LogP contribution in [0.5, 0.6) is 5.75 Å². The second-order valence-corrected chi connectivity index (χ2v) is 9.27. The summed E-state index contributed by atoms with van der Waals surface area (Å²) < 4.78 is 37.7. The highest BCUT2D eigenvalue weighted by Crippen LogP contribution is 2.46. The van der Waals surface area contributed by atoms with Crippen LogP contribution in [0.3, 0.4) is 0 Å². The second-order valence-electron chi connectivity index (χ2n) is 9.27. The van der Waals surface area contributed by atoms with Crippen molar-refractivity contribution in [3.63, 3.8) is 0 Å². The summed E-state index contributed by atoms with van der Waals surface area (Å²) in [6, 6.07) is 8.01. The molecule has 4 rings (SSSR count). The summed E-state index contributed by atoms with van der Waals surface area (Å²) in [6.45, 7) is 4.79. The molecule has 0 atom stereocenters. The standard InChI is InChI=1S/C22H29N3O2.C2HF3O2/c1-24(11-2-10-23)21(26)18-5-6-20-19(15-18)22(9-14-27-20)7-12-25(13-8-22)16-17-3-4-17;3-2(4,5)1(6)7/h5-6,15,17H,2-4,7-9,11-14,16H2,1H3;(H,6,7). The Bertz CT molecular complexity index is 932. The highest BCUT2D eigenvalue weighted by atomic mass is 19.4. The third-order valence-corrected chi connectivity index (χ3v) is 6.81. The minimum Gasteiger partial charge on any atom is -0.493 e. The topological polar surface area (TPSA) is 93.9 Å². The highest BCUT2D eigenvalue weighted by molar-refractivity contribution is 5.94. The normalized spacial score (nSPS) is 19.1. The molecule has 34 heavy (non-hydrogen) atoms. The number of likely N-dealkylation sites (tertiary alicyclic amines) is 1. The summed E-state index contributed by atoms with van der Waals surface area (Å²) in [5.41, 5.74) is 2.08. The number of nitrogens with zero attached hydrogens (tertiary/aromatic N) is 3. The molecule has 1 saturated carbocycles. The Morgan fingerprint density at radius 3 is 2.47 bits per heavy atom. The number of fused-ring (bicyclic) bond motifs is 2. The third kappa shape index (κ3) is 6.41. The molecule has 0 aromatic heterocycles. The van der Waals surface area contributed by atoms with Gasteiger partial charge < -0.3 is 19.6 Å². The fraction of sp³-hybridized carbons (Fsp3) is 0.625. The maximum atomic E-state index is 12.8. The number of nitriles is 1. The number of carboxylic acid groups (broad SMARTS) is 1. The second kappa shape index (κ2) is 10.6. The lowest BCUT2D eigenvalue weighted by atomic mass is 9.69. The van der Waals surface area contributed by atoms with Gasteiger partial charge in [-0.1, -0.05) is 0 Å². The van der Waals surface area contributed by atoms with Gasteiger partial charge in [0.1, 0.15) is 5.75 Å². The minimum atomic E-state index is -5.08. The summed E-state index contributed by atoms with van der Waals surface area (Å²) >= 11 is 0. The van der Waals surface area contributed by atoms with E-state index in [9.17, 15) is 18.0 Å². The van der Waals surface area contributed by atoms with Crippen LogP contribution in [0, 0.1) is 17.2 Å². The number of hydrogen-bond acceptors (Lipinski definition) is 5. The molecule has 186 valence electrons. The molecule has 0 bridgehead atoms. The lowest BCUT2D eigenvalue weighted by Crippen LogP contribution is -2.45. The van der Waals surface area contributed by atoms with Crippen molar-refractivity contribution >= 4 is 11.9 Å². The zero-order valence-corrected chi connectivity index (χ0v) is 19.2. The number of carbonyl (C=O) groups excluding carboxylic acids is 1. The molecule has 1 aliphatic carbocycles. The number of rotatable bonds is 5. The van der Waals surface area contributed by atoms with E-state index < -0.39 is 12.1 Å². The van der Waals surface area contributed by atoms with Gasteiger partial charge in [0.05, 0.1) is 19.1 Å². The Morgan fingerprint density at radius 1 is 1.26 bits per heavy atom. The molecule has 1 aromatic rings. The maximum Gasteiger partial charge on any atom is 0.490 e.